The highest BCUT2D eigenvalue weighted by molar-refractivity contribution is 5.65. The van der Waals surface area contributed by atoms with Crippen molar-refractivity contribution < 1.29 is 100 Å². The first-order valence-electron chi connectivity index (χ1n) is 48.1. The molecular formula is C99H177N22O14+7. The van der Waals surface area contributed by atoms with Crippen molar-refractivity contribution in [3.63, 3.8) is 0 Å². The first-order chi connectivity index (χ1) is 64.3. The number of anilines is 14. The van der Waals surface area contributed by atoms with Gasteiger partial charge in [0.15, 0.2) is 0 Å². The SMILES string of the molecule is CC[N+](CCO)(CCO)CCOc1ccc(N)cc1N.C[N+](C)(C)C1CCCN(CCOc2ccc(N)cc2N)C1.C[N+](CCO)(CCO)CCOc1ccc(N)cc1N.C[N+]1(CCCOc2ccc(N)cc2N)CCCCC1.C[N+]1(CCOc2ccc(N)cc2N)CCCC1.C[N+]1(CCOc2ccc(N)cc2N)CCCCC1.Nc1ccc(OCC[N+](CCO)(CCO)CCO)c(N)c1. The standard InChI is InChI=1S/C16H29N4O.C15H26N3O.C14H26N3O4.C14H26N3O3.C14H24N3O.C13H24N3O3.C13H22N3O/c1-20(2,3)14-5-4-8-19(12-14)9-10-21-16-7-6-13(17)11-15(16)18;1-18(8-3-2-4-9-18)10-5-11-19-15-7-6-13(16)12-14(15)17;15-12-1-2-14(13(16)11-12)21-10-6-17(3-7-18,4-8-19)5-9-20;1-2-17(5-8-18,6-9-19)7-10-20-14-4-3-12(15)11-13(14)16;1-17(7-3-2-4-8-17)9-10-18-14-6-5-12(15)11-13(14)16;1-16(4-7-17,5-8-18)6-9-19-13-3-2-11(14)10-12(13)15;1-16(6-2-3-7-16)8-9-17-13-5-4-11(14)10-12(13)15/h6-7,11,14H,4-5,8-10,12,17-18H2,1-3H3;6-7,12H,2-5,8-11,16-17H2,1H3;1-2,11,18-20H,3-10,15-16H2;3-4,11,18-19H,2,5-10,15-16H2,1H3;5-6,11H,2-4,7-10,15-16H2,1H3;2-3,10,17-18H,4-9,14-15H2,1H3;4-5,10H,2-3,6-9,14-15H2,1H3/q7*+1. The number of ether oxygens (including phenoxy) is 7. The minimum Gasteiger partial charge on any atom is -0.491 e. The Hall–Kier alpha value is -10.3. The van der Waals surface area contributed by atoms with Crippen molar-refractivity contribution in [2.45, 2.75) is 83.6 Å². The molecule has 0 amide bonds. The van der Waals surface area contributed by atoms with Gasteiger partial charge in [-0.25, -0.2) is 0 Å². The molecular weight excluding hydrogens is 1720 g/mol. The zero-order valence-corrected chi connectivity index (χ0v) is 82.8. The van der Waals surface area contributed by atoms with Crippen molar-refractivity contribution >= 4 is 79.6 Å². The molecule has 135 heavy (non-hydrogen) atoms. The molecule has 0 aromatic heterocycles. The van der Waals surface area contributed by atoms with Gasteiger partial charge < -0.3 is 181 Å². The Morgan fingerprint density at radius 3 is 0.852 bits per heavy atom. The summed E-state index contributed by atoms with van der Waals surface area (Å²) in [6, 6.07) is 37.7. The van der Waals surface area contributed by atoms with Crippen LogP contribution in [-0.4, -0.2) is 370 Å². The summed E-state index contributed by atoms with van der Waals surface area (Å²) in [5, 5.41) is 64.0. The number of likely N-dealkylation sites (N-methyl/N-ethyl adjacent to an activating group) is 5. The fourth-order valence-electron chi connectivity index (χ4n) is 17.2. The zero-order chi connectivity index (χ0) is 99.5. The monoisotopic (exact) mass is 1900 g/mol. The largest absolute Gasteiger partial charge is 0.491 e. The molecule has 4 aliphatic rings. The first kappa shape index (κ1) is 115. The summed E-state index contributed by atoms with van der Waals surface area (Å²) in [5.74, 6) is 4.73. The lowest BCUT2D eigenvalue weighted by Gasteiger charge is -2.40. The maximum Gasteiger partial charge on any atom is 0.142 e. The summed E-state index contributed by atoms with van der Waals surface area (Å²) in [4.78, 5) is 2.49. The van der Waals surface area contributed by atoms with Crippen LogP contribution in [0.15, 0.2) is 127 Å². The molecule has 36 nitrogen and oxygen atoms in total. The van der Waals surface area contributed by atoms with Crippen LogP contribution in [-0.2, 0) is 0 Å². The molecule has 7 aromatic carbocycles. The van der Waals surface area contributed by atoms with E-state index < -0.39 is 0 Å². The molecule has 0 aliphatic carbocycles. The minimum absolute atomic E-state index is 0.00991. The molecule has 0 spiro atoms. The number of quaternary nitrogens is 7. The van der Waals surface area contributed by atoms with Crippen LogP contribution >= 0.6 is 0 Å². The number of benzene rings is 7. The van der Waals surface area contributed by atoms with E-state index in [2.05, 4.69) is 47.2 Å². The van der Waals surface area contributed by atoms with Crippen molar-refractivity contribution in [1.29, 1.82) is 0 Å². The number of hydrogen-bond acceptors (Lipinski definition) is 29. The Labute approximate surface area is 804 Å². The van der Waals surface area contributed by atoms with E-state index in [4.69, 9.17) is 124 Å². The molecule has 0 radical (unpaired) electrons. The van der Waals surface area contributed by atoms with Crippen molar-refractivity contribution in [3.8, 4) is 40.2 Å². The molecule has 0 saturated carbocycles. The van der Waals surface area contributed by atoms with Crippen LogP contribution < -0.4 is 113 Å². The second kappa shape index (κ2) is 59.7. The van der Waals surface area contributed by atoms with Gasteiger partial charge >= 0.3 is 0 Å². The van der Waals surface area contributed by atoms with Crippen LogP contribution in [0, 0.1) is 0 Å². The van der Waals surface area contributed by atoms with Gasteiger partial charge in [0.05, 0.1) is 201 Å². The summed E-state index contributed by atoms with van der Waals surface area (Å²) in [7, 11) is 15.8. The summed E-state index contributed by atoms with van der Waals surface area (Å²) >= 11 is 0. The smallest absolute Gasteiger partial charge is 0.142 e. The lowest BCUT2D eigenvalue weighted by Crippen LogP contribution is -2.55. The number of nitrogens with two attached hydrogens (primary N) is 14. The molecule has 11 rings (SSSR count). The second-order valence-corrected chi connectivity index (χ2v) is 38.2. The lowest BCUT2D eigenvalue weighted by molar-refractivity contribution is -0.928. The third-order valence-electron chi connectivity index (χ3n) is 26.2. The van der Waals surface area contributed by atoms with Crippen LogP contribution in [0.5, 0.6) is 40.2 Å². The average Bonchev–Trinajstić information content (AvgIpc) is 1.76. The summed E-state index contributed by atoms with van der Waals surface area (Å²) in [6.07, 6.45) is 14.5. The van der Waals surface area contributed by atoms with Gasteiger partial charge in [-0.15, -0.1) is 0 Å². The summed E-state index contributed by atoms with van der Waals surface area (Å²) in [5.41, 5.74) is 88.9. The topological polar surface area (TPSA) is 574 Å². The Morgan fingerprint density at radius 1 is 0.304 bits per heavy atom. The molecule has 760 valence electrons. The summed E-state index contributed by atoms with van der Waals surface area (Å²) in [6.45, 7) is 27.3. The number of aliphatic hydroxyl groups excluding tert-OH is 7. The van der Waals surface area contributed by atoms with E-state index >= 15 is 0 Å². The number of rotatable bonds is 45. The Morgan fingerprint density at radius 2 is 0.563 bits per heavy atom. The molecule has 4 fully saturated rings. The molecule has 36 heteroatoms. The maximum atomic E-state index is 9.19. The highest BCUT2D eigenvalue weighted by Gasteiger charge is 2.33. The van der Waals surface area contributed by atoms with Crippen LogP contribution in [0.4, 0.5) is 79.6 Å². The predicted octanol–water partition coefficient (Wildman–Crippen LogP) is 5.72. The van der Waals surface area contributed by atoms with Gasteiger partial charge in [0, 0.05) is 72.0 Å². The quantitative estimate of drug-likeness (QED) is 0.0123. The van der Waals surface area contributed by atoms with Gasteiger partial charge in [-0.05, 0) is 186 Å². The molecule has 4 saturated heterocycles. The van der Waals surface area contributed by atoms with Crippen LogP contribution in [0.1, 0.15) is 77.6 Å². The van der Waals surface area contributed by atoms with Gasteiger partial charge in [-0.1, -0.05) is 0 Å². The summed E-state index contributed by atoms with van der Waals surface area (Å²) < 4.78 is 46.0. The number of aliphatic hydroxyl groups is 7. The van der Waals surface area contributed by atoms with Crippen molar-refractivity contribution in [2.24, 2.45) is 0 Å². The molecule has 1 unspecified atom stereocenters. The Balaban J connectivity index is 0.000000279. The minimum atomic E-state index is -0.00991. The van der Waals surface area contributed by atoms with Crippen LogP contribution in [0.25, 0.3) is 0 Å². The van der Waals surface area contributed by atoms with Gasteiger partial charge in [0.25, 0.3) is 0 Å². The first-order valence-corrected chi connectivity index (χ1v) is 48.1. The lowest BCUT2D eigenvalue weighted by atomic mass is 10.0. The Kier molecular flexibility index (Phi) is 50.9. The van der Waals surface area contributed by atoms with E-state index in [1.165, 1.54) is 115 Å². The van der Waals surface area contributed by atoms with Crippen LogP contribution in [0.3, 0.4) is 0 Å². The molecule has 4 heterocycles. The molecule has 7 aromatic rings. The van der Waals surface area contributed by atoms with Crippen molar-refractivity contribution in [3.05, 3.63) is 127 Å². The number of nitrogen functional groups attached to an aromatic ring is 14. The Bertz CT molecular complexity index is 4430. The van der Waals surface area contributed by atoms with Gasteiger partial charge in [-0.3, -0.25) is 4.90 Å². The van der Waals surface area contributed by atoms with Crippen molar-refractivity contribution in [1.82, 2.24) is 4.90 Å². The number of piperidine rings is 3. The average molecular weight is 1900 g/mol. The van der Waals surface area contributed by atoms with Crippen molar-refractivity contribution in [2.75, 3.05) is 373 Å². The molecule has 1 atom stereocenters. The van der Waals surface area contributed by atoms with E-state index in [1.54, 1.807) is 78.9 Å². The van der Waals surface area contributed by atoms with E-state index in [1.807, 2.05) is 62.5 Å². The third-order valence-corrected chi connectivity index (χ3v) is 26.2. The highest BCUT2D eigenvalue weighted by atomic mass is 16.5. The molecule has 4 aliphatic heterocycles. The predicted molar refractivity (Wildman–Crippen MR) is 552 cm³/mol. The van der Waals surface area contributed by atoms with Crippen LogP contribution in [0.2, 0.25) is 0 Å². The fraction of sp³-hybridized carbons (Fsp3) is 0.576. The second-order valence-electron chi connectivity index (χ2n) is 38.2. The van der Waals surface area contributed by atoms with Gasteiger partial charge in [-0.2, -0.15) is 0 Å². The molecule has 0 bridgehead atoms. The normalized spacial score (nSPS) is 15.6. The third kappa shape index (κ3) is 43.3. The van der Waals surface area contributed by atoms with E-state index in [-0.39, 0.29) is 46.2 Å². The zero-order valence-electron chi connectivity index (χ0n) is 82.8. The van der Waals surface area contributed by atoms with E-state index in [0.717, 1.165) is 88.7 Å². The number of hydrogen-bond donors (Lipinski definition) is 21. The van der Waals surface area contributed by atoms with E-state index in [9.17, 15) is 25.5 Å². The number of likely N-dealkylation sites (tertiary alicyclic amines) is 4. The highest BCUT2D eigenvalue weighted by Crippen LogP contribution is 2.32. The number of nitrogens with zero attached hydrogens (tertiary/aromatic N) is 8. The van der Waals surface area contributed by atoms with Gasteiger partial charge in [0.2, 0.25) is 0 Å². The molecule has 35 N–H and O–H groups in total. The van der Waals surface area contributed by atoms with E-state index in [0.29, 0.717) is 221 Å². The van der Waals surface area contributed by atoms with Gasteiger partial charge in [0.1, 0.15) is 164 Å². The maximum absolute atomic E-state index is 9.19. The fourth-order valence-corrected chi connectivity index (χ4v) is 17.2.